The maximum atomic E-state index is 10.4. The van der Waals surface area contributed by atoms with Crippen LogP contribution in [0, 0.1) is 45.8 Å². The van der Waals surface area contributed by atoms with Gasteiger partial charge in [0.2, 0.25) is 0 Å². The summed E-state index contributed by atoms with van der Waals surface area (Å²) >= 11 is 0. The van der Waals surface area contributed by atoms with Crippen molar-refractivity contribution in [1.29, 1.82) is 0 Å². The summed E-state index contributed by atoms with van der Waals surface area (Å²) in [5.41, 5.74) is 1.21. The van der Waals surface area contributed by atoms with E-state index < -0.39 is 5.79 Å². The van der Waals surface area contributed by atoms with Crippen LogP contribution in [0.5, 0.6) is 0 Å². The molecule has 0 aromatic rings. The molecule has 4 rings (SSSR count). The Morgan fingerprint density at radius 2 is 1.44 bits per heavy atom. The van der Waals surface area contributed by atoms with Crippen LogP contribution in [-0.4, -0.2) is 16.0 Å². The second-order valence-electron chi connectivity index (χ2n) is 11.8. The molecule has 2 N–H and O–H groups in total. The highest BCUT2D eigenvalue weighted by atomic mass is 16.5. The first-order valence-electron chi connectivity index (χ1n) is 10.9. The predicted molar refractivity (Wildman–Crippen MR) is 102 cm³/mol. The van der Waals surface area contributed by atoms with Gasteiger partial charge in [0.15, 0.2) is 5.79 Å². The van der Waals surface area contributed by atoms with Crippen LogP contribution >= 0.6 is 0 Å². The standard InChI is InChI=1S/C23H40O2/c1-20(2)12-13-21(3)15(14-20)6-7-16-17-8-9-19(23(5,24)25)22(17,4)11-10-18(16)21/h15-19,24-25H,6-14H2,1-5H3/t15-,16?,17?,18?,19?,21-,22-/m0/s1. The van der Waals surface area contributed by atoms with Gasteiger partial charge in [-0.05, 0) is 105 Å². The van der Waals surface area contributed by atoms with Crippen molar-refractivity contribution >= 4 is 0 Å². The van der Waals surface area contributed by atoms with Crippen molar-refractivity contribution in [3.63, 3.8) is 0 Å². The Kier molecular flexibility index (Phi) is 4.00. The molecule has 4 aliphatic carbocycles. The van der Waals surface area contributed by atoms with Gasteiger partial charge in [0.1, 0.15) is 0 Å². The molecule has 2 nitrogen and oxygen atoms in total. The van der Waals surface area contributed by atoms with Crippen molar-refractivity contribution in [2.45, 2.75) is 98.2 Å². The summed E-state index contributed by atoms with van der Waals surface area (Å²) in [4.78, 5) is 0. The Balaban J connectivity index is 1.60. The van der Waals surface area contributed by atoms with Gasteiger partial charge in [0, 0.05) is 5.92 Å². The fourth-order valence-electron chi connectivity index (χ4n) is 8.53. The molecule has 0 saturated heterocycles. The fraction of sp³-hybridized carbons (Fsp3) is 1.00. The van der Waals surface area contributed by atoms with Crippen LogP contribution in [0.15, 0.2) is 0 Å². The molecule has 0 radical (unpaired) electrons. The van der Waals surface area contributed by atoms with Gasteiger partial charge in [-0.15, -0.1) is 0 Å². The van der Waals surface area contributed by atoms with Gasteiger partial charge >= 0.3 is 0 Å². The Morgan fingerprint density at radius 3 is 2.12 bits per heavy atom. The van der Waals surface area contributed by atoms with Crippen LogP contribution in [-0.2, 0) is 0 Å². The second-order valence-corrected chi connectivity index (χ2v) is 11.8. The van der Waals surface area contributed by atoms with Gasteiger partial charge in [-0.2, -0.15) is 0 Å². The van der Waals surface area contributed by atoms with Gasteiger partial charge in [-0.3, -0.25) is 0 Å². The molecule has 4 unspecified atom stereocenters. The average Bonchev–Trinajstić information content (AvgIpc) is 2.85. The summed E-state index contributed by atoms with van der Waals surface area (Å²) in [7, 11) is 0. The van der Waals surface area contributed by atoms with Crippen molar-refractivity contribution in [3.8, 4) is 0 Å². The third-order valence-corrected chi connectivity index (χ3v) is 9.86. The molecule has 0 aromatic heterocycles. The summed E-state index contributed by atoms with van der Waals surface area (Å²) < 4.78 is 0. The summed E-state index contributed by atoms with van der Waals surface area (Å²) in [5, 5.41) is 20.7. The van der Waals surface area contributed by atoms with E-state index in [1.807, 2.05) is 0 Å². The molecule has 7 atom stereocenters. The maximum Gasteiger partial charge on any atom is 0.163 e. The molecule has 4 saturated carbocycles. The maximum absolute atomic E-state index is 10.4. The molecule has 0 aliphatic heterocycles. The summed E-state index contributed by atoms with van der Waals surface area (Å²) in [6.45, 7) is 11.6. The van der Waals surface area contributed by atoms with E-state index in [2.05, 4.69) is 27.7 Å². The van der Waals surface area contributed by atoms with Crippen LogP contribution in [0.1, 0.15) is 92.4 Å². The Labute approximate surface area is 154 Å². The van der Waals surface area contributed by atoms with Crippen LogP contribution in [0.2, 0.25) is 0 Å². The summed E-state index contributed by atoms with van der Waals surface area (Å²) in [6, 6.07) is 0. The molecular formula is C23H40O2. The molecule has 0 amide bonds. The highest BCUT2D eigenvalue weighted by molar-refractivity contribution is 5.10. The van der Waals surface area contributed by atoms with E-state index in [0.717, 1.165) is 24.2 Å². The molecule has 2 heteroatoms. The van der Waals surface area contributed by atoms with E-state index in [0.29, 0.717) is 16.7 Å². The minimum Gasteiger partial charge on any atom is -0.366 e. The van der Waals surface area contributed by atoms with E-state index in [9.17, 15) is 10.2 Å². The molecule has 0 spiro atoms. The molecule has 0 heterocycles. The Hall–Kier alpha value is -0.0800. The zero-order valence-electron chi connectivity index (χ0n) is 17.1. The molecule has 25 heavy (non-hydrogen) atoms. The lowest BCUT2D eigenvalue weighted by Gasteiger charge is -2.62. The van der Waals surface area contributed by atoms with Crippen molar-refractivity contribution in [3.05, 3.63) is 0 Å². The smallest absolute Gasteiger partial charge is 0.163 e. The SMILES string of the molecule is CC1(C)CC[C@]2(C)C3CC[C@@]4(C)C(CCC4C(C)(O)O)C3CC[C@H]2C1. The number of hydrogen-bond acceptors (Lipinski definition) is 2. The van der Waals surface area contributed by atoms with Gasteiger partial charge in [0.05, 0.1) is 0 Å². The average molecular weight is 349 g/mol. The molecule has 4 fully saturated rings. The van der Waals surface area contributed by atoms with E-state index in [4.69, 9.17) is 0 Å². The Bertz CT molecular complexity index is 533. The minimum absolute atomic E-state index is 0.0572. The number of aliphatic hydroxyl groups is 2. The first-order chi connectivity index (χ1) is 11.5. The zero-order valence-corrected chi connectivity index (χ0v) is 17.1. The van der Waals surface area contributed by atoms with Crippen molar-refractivity contribution in [1.82, 2.24) is 0 Å². The third kappa shape index (κ3) is 2.64. The van der Waals surface area contributed by atoms with E-state index in [-0.39, 0.29) is 11.3 Å². The van der Waals surface area contributed by atoms with Crippen LogP contribution in [0.4, 0.5) is 0 Å². The molecule has 144 valence electrons. The third-order valence-electron chi connectivity index (χ3n) is 9.86. The van der Waals surface area contributed by atoms with Gasteiger partial charge in [-0.1, -0.05) is 27.7 Å². The number of rotatable bonds is 1. The van der Waals surface area contributed by atoms with Crippen molar-refractivity contribution in [2.75, 3.05) is 0 Å². The monoisotopic (exact) mass is 348 g/mol. The highest BCUT2D eigenvalue weighted by Crippen LogP contribution is 2.69. The van der Waals surface area contributed by atoms with Gasteiger partial charge in [0.25, 0.3) is 0 Å². The lowest BCUT2D eigenvalue weighted by molar-refractivity contribution is -0.222. The zero-order chi connectivity index (χ0) is 18.3. The minimum atomic E-state index is -1.51. The normalized spacial score (nSPS) is 52.2. The van der Waals surface area contributed by atoms with Crippen LogP contribution in [0.25, 0.3) is 0 Å². The first kappa shape index (κ1) is 18.3. The van der Waals surface area contributed by atoms with E-state index in [1.54, 1.807) is 6.92 Å². The summed E-state index contributed by atoms with van der Waals surface area (Å²) in [6.07, 6.45) is 11.8. The molecule has 4 aliphatic rings. The highest BCUT2D eigenvalue weighted by Gasteiger charge is 2.62. The predicted octanol–water partition coefficient (Wildman–Crippen LogP) is 5.37. The lowest BCUT2D eigenvalue weighted by atomic mass is 9.43. The number of hydrogen-bond donors (Lipinski definition) is 2. The second kappa shape index (κ2) is 5.47. The van der Waals surface area contributed by atoms with Crippen LogP contribution in [0.3, 0.4) is 0 Å². The first-order valence-corrected chi connectivity index (χ1v) is 10.9. The topological polar surface area (TPSA) is 40.5 Å². The van der Waals surface area contributed by atoms with Crippen molar-refractivity contribution < 1.29 is 10.2 Å². The number of fused-ring (bicyclic) bond motifs is 5. The molecular weight excluding hydrogens is 308 g/mol. The summed E-state index contributed by atoms with van der Waals surface area (Å²) in [5.74, 6) is 1.88. The quantitative estimate of drug-likeness (QED) is 0.625. The van der Waals surface area contributed by atoms with E-state index >= 15 is 0 Å². The fourth-order valence-corrected chi connectivity index (χ4v) is 8.53. The molecule has 0 bridgehead atoms. The molecule has 0 aromatic carbocycles. The largest absolute Gasteiger partial charge is 0.366 e. The van der Waals surface area contributed by atoms with Gasteiger partial charge < -0.3 is 10.2 Å². The van der Waals surface area contributed by atoms with E-state index in [1.165, 1.54) is 51.4 Å². The van der Waals surface area contributed by atoms with Crippen LogP contribution < -0.4 is 0 Å². The Morgan fingerprint density at radius 1 is 0.760 bits per heavy atom. The van der Waals surface area contributed by atoms with Crippen molar-refractivity contribution in [2.24, 2.45) is 45.8 Å². The van der Waals surface area contributed by atoms with Gasteiger partial charge in [-0.25, -0.2) is 0 Å². The lowest BCUT2D eigenvalue weighted by Crippen LogP contribution is -2.55.